The second-order valence-corrected chi connectivity index (χ2v) is 7.74. The average Bonchev–Trinajstić information content (AvgIpc) is 2.71. The molecule has 8 heteroatoms. The van der Waals surface area contributed by atoms with Gasteiger partial charge >= 0.3 is 0 Å². The van der Waals surface area contributed by atoms with Gasteiger partial charge in [0.05, 0.1) is 0 Å². The van der Waals surface area contributed by atoms with Crippen LogP contribution >= 0.6 is 15.9 Å². The van der Waals surface area contributed by atoms with Gasteiger partial charge in [-0.25, -0.2) is 17.8 Å². The van der Waals surface area contributed by atoms with Gasteiger partial charge in [0.15, 0.2) is 4.60 Å². The Labute approximate surface area is 115 Å². The van der Waals surface area contributed by atoms with E-state index in [9.17, 15) is 8.42 Å². The van der Waals surface area contributed by atoms with E-state index in [-0.39, 0.29) is 21.1 Å². The molecule has 1 fully saturated rings. The molecule has 0 aromatic carbocycles. The minimum Gasteiger partial charge on any atom is -0.235 e. The fourth-order valence-electron chi connectivity index (χ4n) is 2.40. The first-order chi connectivity index (χ1) is 8.24. The van der Waals surface area contributed by atoms with Crippen LogP contribution in [-0.4, -0.2) is 29.5 Å². The van der Waals surface area contributed by atoms with Crippen LogP contribution in [0.4, 0.5) is 0 Å². The molecule has 1 aromatic rings. The fourth-order valence-corrected chi connectivity index (χ4v) is 4.93. The standard InChI is InChI=1S/C10H17BrN4O2S/c1-10(2)6-4-5-7(10)13-18(16,17)9-8(11)12-14-15(9)3/h7,13H,4-6H2,1-3H3. The lowest BCUT2D eigenvalue weighted by atomic mass is 9.88. The smallest absolute Gasteiger partial charge is 0.235 e. The molecule has 0 radical (unpaired) electrons. The van der Waals surface area contributed by atoms with Gasteiger partial charge in [-0.1, -0.05) is 25.5 Å². The molecule has 1 unspecified atom stereocenters. The van der Waals surface area contributed by atoms with Gasteiger partial charge in [0, 0.05) is 13.1 Å². The molecule has 1 saturated carbocycles. The Bertz CT molecular complexity index is 533. The number of nitrogens with zero attached hydrogens (tertiary/aromatic N) is 3. The summed E-state index contributed by atoms with van der Waals surface area (Å²) in [5.74, 6) is 0. The summed E-state index contributed by atoms with van der Waals surface area (Å²) in [7, 11) is -2.03. The van der Waals surface area contributed by atoms with Gasteiger partial charge < -0.3 is 0 Å². The third kappa shape index (κ3) is 2.46. The largest absolute Gasteiger partial charge is 0.260 e. The van der Waals surface area contributed by atoms with Gasteiger partial charge in [0.25, 0.3) is 10.0 Å². The van der Waals surface area contributed by atoms with Crippen LogP contribution in [0.3, 0.4) is 0 Å². The Kier molecular flexibility index (Phi) is 3.54. The Hall–Kier alpha value is -0.470. The van der Waals surface area contributed by atoms with Crippen LogP contribution in [0, 0.1) is 5.41 Å². The monoisotopic (exact) mass is 336 g/mol. The highest BCUT2D eigenvalue weighted by Crippen LogP contribution is 2.38. The first-order valence-corrected chi connectivity index (χ1v) is 8.09. The van der Waals surface area contributed by atoms with Crippen molar-refractivity contribution in [3.05, 3.63) is 4.60 Å². The van der Waals surface area contributed by atoms with Gasteiger partial charge in [-0.05, 0) is 34.2 Å². The van der Waals surface area contributed by atoms with Crippen molar-refractivity contribution < 1.29 is 8.42 Å². The van der Waals surface area contributed by atoms with E-state index < -0.39 is 10.0 Å². The topological polar surface area (TPSA) is 76.9 Å². The van der Waals surface area contributed by atoms with Crippen molar-refractivity contribution >= 4 is 26.0 Å². The van der Waals surface area contributed by atoms with E-state index in [4.69, 9.17) is 0 Å². The zero-order chi connectivity index (χ0) is 13.6. The molecule has 6 nitrogen and oxygen atoms in total. The quantitative estimate of drug-likeness (QED) is 0.905. The van der Waals surface area contributed by atoms with Crippen molar-refractivity contribution in [2.75, 3.05) is 0 Å². The highest BCUT2D eigenvalue weighted by atomic mass is 79.9. The fraction of sp³-hybridized carbons (Fsp3) is 0.800. The second-order valence-electron chi connectivity index (χ2n) is 5.36. The van der Waals surface area contributed by atoms with E-state index in [0.29, 0.717) is 0 Å². The Morgan fingerprint density at radius 1 is 1.50 bits per heavy atom. The third-order valence-corrected chi connectivity index (χ3v) is 5.90. The molecule has 18 heavy (non-hydrogen) atoms. The first kappa shape index (κ1) is 14.0. The second kappa shape index (κ2) is 4.57. The van der Waals surface area contributed by atoms with Gasteiger partial charge in [-0.2, -0.15) is 0 Å². The van der Waals surface area contributed by atoms with E-state index in [1.165, 1.54) is 4.68 Å². The predicted octanol–water partition coefficient (Wildman–Crippen LogP) is 1.43. The van der Waals surface area contributed by atoms with E-state index in [1.807, 2.05) is 0 Å². The van der Waals surface area contributed by atoms with Crippen molar-refractivity contribution in [1.29, 1.82) is 0 Å². The van der Waals surface area contributed by atoms with Crippen LogP contribution in [-0.2, 0) is 17.1 Å². The number of hydrogen-bond acceptors (Lipinski definition) is 4. The van der Waals surface area contributed by atoms with Crippen LogP contribution in [0.5, 0.6) is 0 Å². The maximum Gasteiger partial charge on any atom is 0.260 e. The van der Waals surface area contributed by atoms with E-state index >= 15 is 0 Å². The number of aryl methyl sites for hydroxylation is 1. The lowest BCUT2D eigenvalue weighted by Gasteiger charge is -2.27. The molecule has 1 heterocycles. The maximum atomic E-state index is 12.3. The van der Waals surface area contributed by atoms with Crippen LogP contribution in [0.15, 0.2) is 9.63 Å². The molecular weight excluding hydrogens is 320 g/mol. The summed E-state index contributed by atoms with van der Waals surface area (Å²) in [5, 5.41) is 7.47. The number of halogens is 1. The number of rotatable bonds is 3. The van der Waals surface area contributed by atoms with Crippen molar-refractivity contribution in [2.24, 2.45) is 12.5 Å². The van der Waals surface area contributed by atoms with Crippen molar-refractivity contribution in [3.8, 4) is 0 Å². The van der Waals surface area contributed by atoms with Crippen molar-refractivity contribution in [2.45, 2.75) is 44.2 Å². The molecule has 1 aliphatic carbocycles. The Balaban J connectivity index is 2.29. The van der Waals surface area contributed by atoms with Crippen LogP contribution < -0.4 is 4.72 Å². The highest BCUT2D eigenvalue weighted by Gasteiger charge is 2.38. The lowest BCUT2D eigenvalue weighted by molar-refractivity contribution is 0.312. The molecule has 0 spiro atoms. The number of hydrogen-bond donors (Lipinski definition) is 1. The van der Waals surface area contributed by atoms with E-state index in [2.05, 4.69) is 44.8 Å². The normalized spacial score (nSPS) is 23.4. The molecule has 0 aliphatic heterocycles. The summed E-state index contributed by atoms with van der Waals surface area (Å²) in [6, 6.07) is -0.0377. The third-order valence-electron chi connectivity index (χ3n) is 3.55. The molecule has 0 saturated heterocycles. The Morgan fingerprint density at radius 2 is 2.17 bits per heavy atom. The van der Waals surface area contributed by atoms with Crippen molar-refractivity contribution in [1.82, 2.24) is 19.7 Å². The van der Waals surface area contributed by atoms with Crippen LogP contribution in [0.2, 0.25) is 0 Å². The van der Waals surface area contributed by atoms with Crippen LogP contribution in [0.25, 0.3) is 0 Å². The maximum absolute atomic E-state index is 12.3. The molecule has 0 bridgehead atoms. The summed E-state index contributed by atoms with van der Waals surface area (Å²) < 4.78 is 28.9. The van der Waals surface area contributed by atoms with E-state index in [0.717, 1.165) is 19.3 Å². The van der Waals surface area contributed by atoms with Gasteiger partial charge in [0.1, 0.15) is 0 Å². The van der Waals surface area contributed by atoms with E-state index in [1.54, 1.807) is 7.05 Å². The minimum atomic E-state index is -3.59. The van der Waals surface area contributed by atoms with Gasteiger partial charge in [-0.15, -0.1) is 5.10 Å². The molecule has 1 atom stereocenters. The van der Waals surface area contributed by atoms with Crippen molar-refractivity contribution in [3.63, 3.8) is 0 Å². The molecule has 102 valence electrons. The zero-order valence-electron chi connectivity index (χ0n) is 10.6. The number of aromatic nitrogens is 3. The summed E-state index contributed by atoms with van der Waals surface area (Å²) in [4.78, 5) is 0. The van der Waals surface area contributed by atoms with Gasteiger partial charge in [-0.3, -0.25) is 0 Å². The number of sulfonamides is 1. The molecule has 0 amide bonds. The summed E-state index contributed by atoms with van der Waals surface area (Å²) in [6.45, 7) is 4.17. The zero-order valence-corrected chi connectivity index (χ0v) is 13.0. The highest BCUT2D eigenvalue weighted by molar-refractivity contribution is 9.10. The molecule has 1 aromatic heterocycles. The van der Waals surface area contributed by atoms with Gasteiger partial charge in [0.2, 0.25) is 5.03 Å². The summed E-state index contributed by atoms with van der Waals surface area (Å²) in [6.07, 6.45) is 2.95. The lowest BCUT2D eigenvalue weighted by Crippen LogP contribution is -2.42. The molecule has 1 N–H and O–H groups in total. The SMILES string of the molecule is Cn1nnc(Br)c1S(=O)(=O)NC1CCCC1(C)C. The summed E-state index contributed by atoms with van der Waals surface area (Å²) in [5.41, 5.74) is -0.00837. The molecule has 1 aliphatic rings. The average molecular weight is 337 g/mol. The molecular formula is C10H17BrN4O2S. The predicted molar refractivity (Wildman–Crippen MR) is 70.4 cm³/mol. The summed E-state index contributed by atoms with van der Waals surface area (Å²) >= 11 is 3.12. The number of nitrogens with one attached hydrogen (secondary N) is 1. The molecule has 2 rings (SSSR count). The first-order valence-electron chi connectivity index (χ1n) is 5.81. The minimum absolute atomic E-state index is 0.00837. The Morgan fingerprint density at radius 3 is 2.61 bits per heavy atom. The van der Waals surface area contributed by atoms with Crippen LogP contribution in [0.1, 0.15) is 33.1 Å².